The van der Waals surface area contributed by atoms with Crippen molar-refractivity contribution < 1.29 is 1.37 Å². The minimum atomic E-state index is -0.305. The third kappa shape index (κ3) is 2.17. The Labute approximate surface area is 88.8 Å². The Bertz CT molecular complexity index is 318. The summed E-state index contributed by atoms with van der Waals surface area (Å²) in [6.45, 7) is 4.40. The zero-order valence-electron chi connectivity index (χ0n) is 10.2. The molecule has 0 spiro atoms. The zero-order chi connectivity index (χ0) is 10.9. The van der Waals surface area contributed by atoms with Gasteiger partial charge in [0.25, 0.3) is 0 Å². The van der Waals surface area contributed by atoms with Crippen LogP contribution >= 0.6 is 0 Å². The highest BCUT2D eigenvalue weighted by molar-refractivity contribution is 5.24. The Morgan fingerprint density at radius 3 is 2.21 bits per heavy atom. The zero-order valence-corrected chi connectivity index (χ0v) is 9.22. The Hall–Kier alpha value is -0.780. The van der Waals surface area contributed by atoms with Gasteiger partial charge in [0.1, 0.15) is 0 Å². The normalized spacial score (nSPS) is 33.9. The van der Waals surface area contributed by atoms with E-state index < -0.39 is 0 Å². The van der Waals surface area contributed by atoms with Crippen molar-refractivity contribution in [3.8, 4) is 0 Å². The summed E-state index contributed by atoms with van der Waals surface area (Å²) in [5.41, 5.74) is 2.49. The van der Waals surface area contributed by atoms with E-state index in [-0.39, 0.29) is 5.89 Å². The molecule has 1 aromatic rings. The second-order valence-electron chi connectivity index (χ2n) is 4.65. The lowest BCUT2D eigenvalue weighted by molar-refractivity contribution is 0.348. The standard InChI is InChI=1S/C14H20/c1-11-3-7-13(8-4-11)14-9-5-12(2)6-10-14/h3-4,7-8,12,14H,5-6,9-10H2,1-2H3/i14D. The van der Waals surface area contributed by atoms with Gasteiger partial charge in [-0.3, -0.25) is 0 Å². The summed E-state index contributed by atoms with van der Waals surface area (Å²) in [7, 11) is 0. The van der Waals surface area contributed by atoms with Crippen LogP contribution < -0.4 is 0 Å². The summed E-state index contributed by atoms with van der Waals surface area (Å²) in [6.07, 6.45) is 4.46. The molecule has 0 radical (unpaired) electrons. The average Bonchev–Trinajstić information content (AvgIpc) is 2.24. The molecule has 0 aliphatic heterocycles. The average molecular weight is 189 g/mol. The summed E-state index contributed by atoms with van der Waals surface area (Å²) < 4.78 is 8.52. The van der Waals surface area contributed by atoms with Crippen LogP contribution in [0.15, 0.2) is 24.3 Å². The van der Waals surface area contributed by atoms with Crippen molar-refractivity contribution in [1.29, 1.82) is 0 Å². The minimum absolute atomic E-state index is 0.305. The Morgan fingerprint density at radius 1 is 1.07 bits per heavy atom. The molecule has 2 rings (SSSR count). The number of aryl methyl sites for hydroxylation is 1. The smallest absolute Gasteiger partial charge is 0.0352 e. The molecule has 0 nitrogen and oxygen atoms in total. The van der Waals surface area contributed by atoms with Gasteiger partial charge in [-0.2, -0.15) is 0 Å². The predicted octanol–water partition coefficient (Wildman–Crippen LogP) is 4.29. The third-order valence-corrected chi connectivity index (χ3v) is 3.34. The highest BCUT2D eigenvalue weighted by Gasteiger charge is 2.19. The van der Waals surface area contributed by atoms with E-state index in [4.69, 9.17) is 1.37 Å². The van der Waals surface area contributed by atoms with Gasteiger partial charge in [0.2, 0.25) is 0 Å². The van der Waals surface area contributed by atoms with Crippen molar-refractivity contribution in [2.75, 3.05) is 0 Å². The summed E-state index contributed by atoms with van der Waals surface area (Å²) >= 11 is 0. The van der Waals surface area contributed by atoms with Gasteiger partial charge in [-0.15, -0.1) is 0 Å². The van der Waals surface area contributed by atoms with E-state index in [9.17, 15) is 0 Å². The summed E-state index contributed by atoms with van der Waals surface area (Å²) in [6, 6.07) is 8.53. The van der Waals surface area contributed by atoms with Crippen molar-refractivity contribution in [3.05, 3.63) is 35.4 Å². The number of hydrogen-bond acceptors (Lipinski definition) is 0. The van der Waals surface area contributed by atoms with Crippen LogP contribution in [0, 0.1) is 12.8 Å². The van der Waals surface area contributed by atoms with Crippen LogP contribution in [0.5, 0.6) is 0 Å². The van der Waals surface area contributed by atoms with E-state index in [0.29, 0.717) is 0 Å². The second-order valence-corrected chi connectivity index (χ2v) is 4.65. The lowest BCUT2D eigenvalue weighted by atomic mass is 9.79. The molecule has 14 heavy (non-hydrogen) atoms. The van der Waals surface area contributed by atoms with Crippen molar-refractivity contribution in [2.24, 2.45) is 5.92 Å². The van der Waals surface area contributed by atoms with Gasteiger partial charge in [-0.05, 0) is 37.1 Å². The van der Waals surface area contributed by atoms with Crippen molar-refractivity contribution in [3.63, 3.8) is 0 Å². The highest BCUT2D eigenvalue weighted by atomic mass is 14.2. The van der Waals surface area contributed by atoms with Gasteiger partial charge >= 0.3 is 0 Å². The molecule has 0 amide bonds. The fourth-order valence-electron chi connectivity index (χ4n) is 2.19. The van der Waals surface area contributed by atoms with E-state index in [0.717, 1.165) is 18.8 Å². The molecule has 1 saturated carbocycles. The summed E-state index contributed by atoms with van der Waals surface area (Å²) in [5, 5.41) is 0. The van der Waals surface area contributed by atoms with Crippen LogP contribution in [0.4, 0.5) is 0 Å². The molecule has 0 heteroatoms. The first-order chi connectivity index (χ1) is 7.10. The molecule has 1 aliphatic carbocycles. The largest absolute Gasteiger partial charge is 0.0625 e. The fourth-order valence-corrected chi connectivity index (χ4v) is 2.19. The number of hydrogen-bond donors (Lipinski definition) is 0. The molecule has 76 valence electrons. The van der Waals surface area contributed by atoms with Gasteiger partial charge in [0, 0.05) is 1.37 Å². The van der Waals surface area contributed by atoms with E-state index in [1.165, 1.54) is 24.0 Å². The van der Waals surface area contributed by atoms with Crippen LogP contribution in [-0.4, -0.2) is 0 Å². The monoisotopic (exact) mass is 189 g/mol. The van der Waals surface area contributed by atoms with Crippen LogP contribution in [-0.2, 0) is 0 Å². The Balaban J connectivity index is 2.18. The first kappa shape index (κ1) is 8.52. The third-order valence-electron chi connectivity index (χ3n) is 3.34. The predicted molar refractivity (Wildman–Crippen MR) is 61.6 cm³/mol. The first-order valence-electron chi connectivity index (χ1n) is 6.17. The molecule has 0 atom stereocenters. The van der Waals surface area contributed by atoms with Crippen molar-refractivity contribution >= 4 is 0 Å². The number of benzene rings is 1. The Morgan fingerprint density at radius 2 is 1.64 bits per heavy atom. The summed E-state index contributed by atoms with van der Waals surface area (Å²) in [4.78, 5) is 0. The van der Waals surface area contributed by atoms with Crippen LogP contribution in [0.3, 0.4) is 0 Å². The van der Waals surface area contributed by atoms with Crippen LogP contribution in [0.25, 0.3) is 0 Å². The number of rotatable bonds is 1. The molecule has 1 aliphatic rings. The Kier molecular flexibility index (Phi) is 2.53. The molecule has 0 aromatic heterocycles. The first-order valence-corrected chi connectivity index (χ1v) is 5.67. The second kappa shape index (κ2) is 4.16. The van der Waals surface area contributed by atoms with E-state index in [1.54, 1.807) is 0 Å². The highest BCUT2D eigenvalue weighted by Crippen LogP contribution is 2.35. The lowest BCUT2D eigenvalue weighted by Gasteiger charge is -2.26. The molecule has 1 fully saturated rings. The summed E-state index contributed by atoms with van der Waals surface area (Å²) in [5.74, 6) is 0.508. The maximum absolute atomic E-state index is 8.52. The van der Waals surface area contributed by atoms with Gasteiger partial charge in [-0.1, -0.05) is 49.6 Å². The quantitative estimate of drug-likeness (QED) is 0.618. The van der Waals surface area contributed by atoms with E-state index in [2.05, 4.69) is 38.1 Å². The fraction of sp³-hybridized carbons (Fsp3) is 0.571. The van der Waals surface area contributed by atoms with E-state index in [1.807, 2.05) is 0 Å². The van der Waals surface area contributed by atoms with Crippen molar-refractivity contribution in [2.45, 2.75) is 45.4 Å². The lowest BCUT2D eigenvalue weighted by Crippen LogP contribution is -2.10. The molecular weight excluding hydrogens is 168 g/mol. The molecule has 0 N–H and O–H groups in total. The molecule has 0 unspecified atom stereocenters. The molecule has 0 saturated heterocycles. The van der Waals surface area contributed by atoms with Gasteiger partial charge < -0.3 is 0 Å². The van der Waals surface area contributed by atoms with Gasteiger partial charge in [-0.25, -0.2) is 0 Å². The topological polar surface area (TPSA) is 0 Å². The molecule has 0 bridgehead atoms. The van der Waals surface area contributed by atoms with Crippen LogP contribution in [0.1, 0.15) is 51.0 Å². The van der Waals surface area contributed by atoms with Gasteiger partial charge in [0.15, 0.2) is 0 Å². The maximum atomic E-state index is 8.52. The minimum Gasteiger partial charge on any atom is -0.0625 e. The molecule has 0 heterocycles. The molecule has 1 aromatic carbocycles. The van der Waals surface area contributed by atoms with Gasteiger partial charge in [0.05, 0.1) is 0 Å². The van der Waals surface area contributed by atoms with E-state index >= 15 is 0 Å². The maximum Gasteiger partial charge on any atom is 0.0352 e. The SMILES string of the molecule is [2H]C1(c2ccc(C)cc2)CCC(C)CC1. The van der Waals surface area contributed by atoms with Crippen molar-refractivity contribution in [1.82, 2.24) is 0 Å². The van der Waals surface area contributed by atoms with Crippen LogP contribution in [0.2, 0.25) is 0 Å². The molecular formula is C14H20.